The molecular weight excluding hydrogens is 490 g/mol. The molecule has 2 fully saturated rings. The molecule has 6 rings (SSSR count). The van der Waals surface area contributed by atoms with Crippen molar-refractivity contribution in [2.45, 2.75) is 76.3 Å². The van der Waals surface area contributed by atoms with E-state index in [1.165, 1.54) is 11.3 Å². The Balaban J connectivity index is 1.38. The van der Waals surface area contributed by atoms with Gasteiger partial charge in [-0.05, 0) is 55.3 Å². The average Bonchev–Trinajstić information content (AvgIpc) is 2.97. The van der Waals surface area contributed by atoms with Gasteiger partial charge in [-0.15, -0.1) is 0 Å². The van der Waals surface area contributed by atoms with E-state index < -0.39 is 17.7 Å². The van der Waals surface area contributed by atoms with Gasteiger partial charge in [0, 0.05) is 28.6 Å². The van der Waals surface area contributed by atoms with Gasteiger partial charge in [0.25, 0.3) is 17.7 Å². The maximum absolute atomic E-state index is 14.3. The number of carbonyl (C=O) groups excluding carboxylic acids is 4. The molecule has 1 aliphatic heterocycles. The van der Waals surface area contributed by atoms with Crippen LogP contribution in [-0.4, -0.2) is 40.7 Å². The Labute approximate surface area is 228 Å². The van der Waals surface area contributed by atoms with Gasteiger partial charge in [0.2, 0.25) is 0 Å². The van der Waals surface area contributed by atoms with Crippen LogP contribution in [0.1, 0.15) is 95.3 Å². The van der Waals surface area contributed by atoms with Crippen LogP contribution in [-0.2, 0) is 0 Å². The number of hydrogen-bond acceptors (Lipinski definition) is 4. The Hall–Kier alpha value is -4.00. The average molecular weight is 524 g/mol. The van der Waals surface area contributed by atoms with Crippen LogP contribution < -0.4 is 10.2 Å². The minimum atomic E-state index is -0.472. The Morgan fingerprint density at radius 1 is 0.718 bits per heavy atom. The number of para-hydroxylation sites is 1. The normalized spacial score (nSPS) is 18.3. The van der Waals surface area contributed by atoms with Gasteiger partial charge in [0.1, 0.15) is 0 Å². The first-order chi connectivity index (χ1) is 19.0. The Morgan fingerprint density at radius 2 is 1.31 bits per heavy atom. The van der Waals surface area contributed by atoms with Crippen LogP contribution >= 0.6 is 0 Å². The number of benzene rings is 3. The lowest BCUT2D eigenvalue weighted by atomic mass is 9.92. The summed E-state index contributed by atoms with van der Waals surface area (Å²) in [4.78, 5) is 57.9. The lowest BCUT2D eigenvalue weighted by Crippen LogP contribution is -2.53. The molecule has 0 aromatic heterocycles. The van der Waals surface area contributed by atoms with E-state index in [0.717, 1.165) is 68.1 Å². The topological polar surface area (TPSA) is 86.8 Å². The van der Waals surface area contributed by atoms with Crippen molar-refractivity contribution in [3.63, 3.8) is 0 Å². The van der Waals surface area contributed by atoms with E-state index in [4.69, 9.17) is 0 Å². The summed E-state index contributed by atoms with van der Waals surface area (Å²) in [5, 5.41) is 4.58. The quantitative estimate of drug-likeness (QED) is 0.398. The van der Waals surface area contributed by atoms with E-state index in [1.54, 1.807) is 48.5 Å². The first-order valence-corrected chi connectivity index (χ1v) is 14.2. The van der Waals surface area contributed by atoms with Crippen molar-refractivity contribution in [2.24, 2.45) is 0 Å². The van der Waals surface area contributed by atoms with Crippen LogP contribution in [0.4, 0.5) is 10.5 Å². The summed E-state index contributed by atoms with van der Waals surface area (Å²) in [5.41, 5.74) is 1.22. The Kier molecular flexibility index (Phi) is 6.90. The fraction of sp³-hybridized carbons (Fsp3) is 0.375. The fourth-order valence-electron chi connectivity index (χ4n) is 6.48. The number of urea groups is 1. The van der Waals surface area contributed by atoms with Gasteiger partial charge in [-0.2, -0.15) is 0 Å². The van der Waals surface area contributed by atoms with E-state index >= 15 is 0 Å². The number of imide groups is 2. The zero-order chi connectivity index (χ0) is 26.9. The second-order valence-electron chi connectivity index (χ2n) is 10.9. The van der Waals surface area contributed by atoms with Crippen molar-refractivity contribution in [1.29, 1.82) is 0 Å². The smallest absolute Gasteiger partial charge is 0.324 e. The van der Waals surface area contributed by atoms with Gasteiger partial charge in [-0.25, -0.2) is 9.69 Å². The number of amides is 5. The van der Waals surface area contributed by atoms with E-state index in [9.17, 15) is 19.2 Å². The lowest BCUT2D eigenvalue weighted by Gasteiger charge is -2.35. The highest BCUT2D eigenvalue weighted by Crippen LogP contribution is 2.35. The molecule has 1 N–H and O–H groups in total. The predicted molar refractivity (Wildman–Crippen MR) is 150 cm³/mol. The molecule has 3 aromatic carbocycles. The van der Waals surface area contributed by atoms with Crippen LogP contribution in [0.2, 0.25) is 0 Å². The van der Waals surface area contributed by atoms with Crippen LogP contribution in [0, 0.1) is 0 Å². The van der Waals surface area contributed by atoms with Gasteiger partial charge in [0.15, 0.2) is 0 Å². The summed E-state index contributed by atoms with van der Waals surface area (Å²) in [6, 6.07) is 16.9. The monoisotopic (exact) mass is 523 g/mol. The molecule has 39 heavy (non-hydrogen) atoms. The summed E-state index contributed by atoms with van der Waals surface area (Å²) >= 11 is 0. The van der Waals surface area contributed by atoms with E-state index in [0.29, 0.717) is 16.5 Å². The highest BCUT2D eigenvalue weighted by atomic mass is 16.2. The van der Waals surface area contributed by atoms with Crippen LogP contribution in [0.15, 0.2) is 60.7 Å². The first-order valence-electron chi connectivity index (χ1n) is 14.2. The summed E-state index contributed by atoms with van der Waals surface area (Å²) in [7, 11) is 0. The third-order valence-electron chi connectivity index (χ3n) is 8.46. The molecule has 5 amide bonds. The van der Waals surface area contributed by atoms with E-state index in [2.05, 4.69) is 5.32 Å². The third kappa shape index (κ3) is 4.60. The van der Waals surface area contributed by atoms with Gasteiger partial charge in [0.05, 0.1) is 11.3 Å². The number of nitrogens with one attached hydrogen (secondary N) is 1. The Bertz CT molecular complexity index is 1400. The minimum absolute atomic E-state index is 0.0580. The molecule has 3 aliphatic rings. The molecule has 0 radical (unpaired) electrons. The van der Waals surface area contributed by atoms with Crippen molar-refractivity contribution < 1.29 is 19.2 Å². The highest BCUT2D eigenvalue weighted by molar-refractivity contribution is 6.36. The lowest BCUT2D eigenvalue weighted by molar-refractivity contribution is 0.0702. The van der Waals surface area contributed by atoms with E-state index in [-0.39, 0.29) is 29.4 Å². The summed E-state index contributed by atoms with van der Waals surface area (Å²) in [6.45, 7) is 0. The maximum atomic E-state index is 14.3. The van der Waals surface area contributed by atoms with E-state index in [1.807, 2.05) is 12.1 Å². The van der Waals surface area contributed by atoms with Crippen molar-refractivity contribution in [2.75, 3.05) is 4.90 Å². The number of anilines is 1. The molecule has 0 atom stereocenters. The molecule has 0 unspecified atom stereocenters. The molecule has 7 nitrogen and oxygen atoms in total. The fourth-order valence-corrected chi connectivity index (χ4v) is 6.48. The molecule has 3 aromatic rings. The molecule has 0 bridgehead atoms. The number of rotatable bonds is 4. The third-order valence-corrected chi connectivity index (χ3v) is 8.46. The van der Waals surface area contributed by atoms with Crippen LogP contribution in [0.3, 0.4) is 0 Å². The first kappa shape index (κ1) is 25.3. The minimum Gasteiger partial charge on any atom is -0.335 e. The summed E-state index contributed by atoms with van der Waals surface area (Å²) in [6.07, 6.45) is 9.63. The van der Waals surface area contributed by atoms with Crippen molar-refractivity contribution >= 4 is 40.2 Å². The van der Waals surface area contributed by atoms with Gasteiger partial charge >= 0.3 is 6.03 Å². The van der Waals surface area contributed by atoms with Gasteiger partial charge in [-0.1, -0.05) is 74.9 Å². The summed E-state index contributed by atoms with van der Waals surface area (Å²) < 4.78 is 0. The van der Waals surface area contributed by atoms with Crippen LogP contribution in [0.5, 0.6) is 0 Å². The van der Waals surface area contributed by atoms with Gasteiger partial charge < -0.3 is 5.32 Å². The standard InChI is InChI=1S/C32H33N3O4/c36-29(34(23-15-5-2-6-16-23)32(39)33-22-13-3-1-4-14-22)24-17-7-8-20-27(24)35-30(37)25-18-9-11-21-12-10-19-26(28(21)25)31(35)38/h7-12,17-20,22-23H,1-6,13-16H2,(H,33,39). The number of hydrogen-bond donors (Lipinski definition) is 1. The largest absolute Gasteiger partial charge is 0.335 e. The number of nitrogens with zero attached hydrogens (tertiary/aromatic N) is 2. The second kappa shape index (κ2) is 10.6. The van der Waals surface area contributed by atoms with Gasteiger partial charge in [-0.3, -0.25) is 19.3 Å². The zero-order valence-corrected chi connectivity index (χ0v) is 22.0. The zero-order valence-electron chi connectivity index (χ0n) is 22.0. The molecule has 200 valence electrons. The SMILES string of the molecule is O=C1c2cccc3cccc(c23)C(=O)N1c1ccccc1C(=O)N(C(=O)NC1CCCCC1)C1CCCCC1. The summed E-state index contributed by atoms with van der Waals surface area (Å²) in [5.74, 6) is -1.41. The molecular formula is C32H33N3O4. The van der Waals surface area contributed by atoms with Crippen LogP contribution in [0.25, 0.3) is 10.8 Å². The highest BCUT2D eigenvalue weighted by Gasteiger charge is 2.39. The van der Waals surface area contributed by atoms with Crippen molar-refractivity contribution in [3.8, 4) is 0 Å². The number of carbonyl (C=O) groups is 4. The molecule has 2 aliphatic carbocycles. The van der Waals surface area contributed by atoms with Crippen molar-refractivity contribution in [3.05, 3.63) is 77.4 Å². The molecule has 0 saturated heterocycles. The molecule has 2 saturated carbocycles. The molecule has 7 heteroatoms. The second-order valence-corrected chi connectivity index (χ2v) is 10.9. The molecule has 0 spiro atoms. The predicted octanol–water partition coefficient (Wildman–Crippen LogP) is 6.46. The molecule has 1 heterocycles. The Morgan fingerprint density at radius 3 is 1.95 bits per heavy atom. The maximum Gasteiger partial charge on any atom is 0.324 e. The van der Waals surface area contributed by atoms with Crippen molar-refractivity contribution in [1.82, 2.24) is 10.2 Å².